The summed E-state index contributed by atoms with van der Waals surface area (Å²) in [5.41, 5.74) is 0.287. The van der Waals surface area contributed by atoms with Crippen LogP contribution in [-0.4, -0.2) is 11.3 Å². The van der Waals surface area contributed by atoms with Gasteiger partial charge in [0.2, 0.25) is 0 Å². The number of pyridine rings is 1. The van der Waals surface area contributed by atoms with Gasteiger partial charge in [0.05, 0.1) is 12.1 Å². The molecular formula is C7H4Cl2F3NO. The highest BCUT2D eigenvalue weighted by Gasteiger charge is 2.31. The van der Waals surface area contributed by atoms with Crippen molar-refractivity contribution in [1.82, 2.24) is 4.98 Å². The number of alkyl halides is 4. The van der Waals surface area contributed by atoms with Crippen LogP contribution in [0.2, 0.25) is 5.15 Å². The van der Waals surface area contributed by atoms with Crippen molar-refractivity contribution in [3.05, 3.63) is 23.0 Å². The summed E-state index contributed by atoms with van der Waals surface area (Å²) >= 11 is 10.9. The maximum absolute atomic E-state index is 11.8. The van der Waals surface area contributed by atoms with Gasteiger partial charge in [0.1, 0.15) is 10.9 Å². The molecule has 0 fully saturated rings. The molecule has 0 aromatic carbocycles. The van der Waals surface area contributed by atoms with Gasteiger partial charge in [0.15, 0.2) is 0 Å². The third kappa shape index (κ3) is 3.23. The third-order valence-corrected chi connectivity index (χ3v) is 1.89. The fourth-order valence-electron chi connectivity index (χ4n) is 0.755. The standard InChI is InChI=1S/C7H4Cl2F3NO/c8-2-4-1-5(3-13-6(4)9)14-7(10,11)12/h1,3H,2H2. The number of ether oxygens (including phenoxy) is 1. The van der Waals surface area contributed by atoms with Crippen molar-refractivity contribution in [3.8, 4) is 5.75 Å². The summed E-state index contributed by atoms with van der Waals surface area (Å²) in [6.45, 7) is 0. The quantitative estimate of drug-likeness (QED) is 0.589. The number of halogens is 5. The van der Waals surface area contributed by atoms with E-state index in [-0.39, 0.29) is 16.6 Å². The Morgan fingerprint density at radius 1 is 1.43 bits per heavy atom. The molecule has 0 spiro atoms. The molecule has 0 radical (unpaired) electrons. The Labute approximate surface area is 87.6 Å². The van der Waals surface area contributed by atoms with Gasteiger partial charge in [-0.05, 0) is 6.07 Å². The highest BCUT2D eigenvalue weighted by molar-refractivity contribution is 6.31. The van der Waals surface area contributed by atoms with Crippen molar-refractivity contribution < 1.29 is 17.9 Å². The molecule has 1 aromatic rings. The molecule has 0 aliphatic heterocycles. The van der Waals surface area contributed by atoms with E-state index in [9.17, 15) is 13.2 Å². The Balaban J connectivity index is 2.90. The molecule has 7 heteroatoms. The molecule has 0 saturated carbocycles. The first-order chi connectivity index (χ1) is 6.42. The van der Waals surface area contributed by atoms with E-state index in [2.05, 4.69) is 9.72 Å². The Morgan fingerprint density at radius 2 is 2.07 bits per heavy atom. The predicted octanol–water partition coefficient (Wildman–Crippen LogP) is 3.37. The van der Waals surface area contributed by atoms with Crippen LogP contribution in [0.1, 0.15) is 5.56 Å². The zero-order chi connectivity index (χ0) is 10.8. The number of hydrogen-bond donors (Lipinski definition) is 0. The second-order valence-corrected chi connectivity index (χ2v) is 2.93. The maximum Gasteiger partial charge on any atom is 0.573 e. The molecule has 0 bridgehead atoms. The number of aromatic nitrogens is 1. The zero-order valence-corrected chi connectivity index (χ0v) is 8.12. The van der Waals surface area contributed by atoms with Crippen LogP contribution in [0.5, 0.6) is 5.75 Å². The van der Waals surface area contributed by atoms with Gasteiger partial charge in [0, 0.05) is 5.56 Å². The van der Waals surface area contributed by atoms with E-state index in [4.69, 9.17) is 23.2 Å². The first-order valence-electron chi connectivity index (χ1n) is 3.38. The molecule has 0 unspecified atom stereocenters. The summed E-state index contributed by atoms with van der Waals surface area (Å²) in [5, 5.41) is 0.0644. The van der Waals surface area contributed by atoms with Gasteiger partial charge in [-0.25, -0.2) is 4.98 Å². The van der Waals surface area contributed by atoms with E-state index >= 15 is 0 Å². The van der Waals surface area contributed by atoms with Crippen LogP contribution in [0.3, 0.4) is 0 Å². The highest BCUT2D eigenvalue weighted by Crippen LogP contribution is 2.25. The molecule has 2 nitrogen and oxygen atoms in total. The Bertz CT molecular complexity index is 329. The Hall–Kier alpha value is -0.680. The molecule has 0 aliphatic carbocycles. The van der Waals surface area contributed by atoms with Gasteiger partial charge in [-0.2, -0.15) is 0 Å². The lowest BCUT2D eigenvalue weighted by Gasteiger charge is -2.09. The lowest BCUT2D eigenvalue weighted by Crippen LogP contribution is -2.17. The second-order valence-electron chi connectivity index (χ2n) is 2.30. The average Bonchev–Trinajstić information content (AvgIpc) is 2.06. The van der Waals surface area contributed by atoms with Gasteiger partial charge >= 0.3 is 6.36 Å². The smallest absolute Gasteiger partial charge is 0.404 e. The first-order valence-corrected chi connectivity index (χ1v) is 4.30. The van der Waals surface area contributed by atoms with Crippen molar-refractivity contribution in [3.63, 3.8) is 0 Å². The molecule has 0 N–H and O–H groups in total. The average molecular weight is 246 g/mol. The van der Waals surface area contributed by atoms with Crippen molar-refractivity contribution >= 4 is 23.2 Å². The molecule has 78 valence electrons. The molecule has 0 aliphatic rings. The summed E-state index contributed by atoms with van der Waals surface area (Å²) in [5.74, 6) is -0.460. The van der Waals surface area contributed by atoms with Crippen LogP contribution in [0, 0.1) is 0 Å². The fraction of sp³-hybridized carbons (Fsp3) is 0.286. The molecule has 1 rings (SSSR count). The van der Waals surface area contributed by atoms with Gasteiger partial charge in [-0.1, -0.05) is 11.6 Å². The summed E-state index contributed by atoms with van der Waals surface area (Å²) in [6.07, 6.45) is -3.86. The van der Waals surface area contributed by atoms with Crippen LogP contribution < -0.4 is 4.74 Å². The number of rotatable bonds is 2. The van der Waals surface area contributed by atoms with Gasteiger partial charge < -0.3 is 4.74 Å². The van der Waals surface area contributed by atoms with Gasteiger partial charge in [-0.3, -0.25) is 0 Å². The van der Waals surface area contributed by atoms with Crippen molar-refractivity contribution in [2.75, 3.05) is 0 Å². The predicted molar refractivity (Wildman–Crippen MR) is 45.5 cm³/mol. The maximum atomic E-state index is 11.8. The molecule has 0 saturated heterocycles. The van der Waals surface area contributed by atoms with Crippen LogP contribution in [0.15, 0.2) is 12.3 Å². The summed E-state index contributed by atoms with van der Waals surface area (Å²) in [6, 6.07) is 1.09. The SMILES string of the molecule is FC(F)(F)Oc1cnc(Cl)c(CCl)c1. The summed E-state index contributed by atoms with van der Waals surface area (Å²) < 4.78 is 38.9. The Kier molecular flexibility index (Phi) is 3.44. The van der Waals surface area contributed by atoms with Crippen LogP contribution >= 0.6 is 23.2 Å². The van der Waals surface area contributed by atoms with E-state index < -0.39 is 12.1 Å². The topological polar surface area (TPSA) is 22.1 Å². The number of hydrogen-bond acceptors (Lipinski definition) is 2. The van der Waals surface area contributed by atoms with Crippen LogP contribution in [0.4, 0.5) is 13.2 Å². The van der Waals surface area contributed by atoms with Gasteiger partial charge in [0.25, 0.3) is 0 Å². The van der Waals surface area contributed by atoms with Crippen LogP contribution in [0.25, 0.3) is 0 Å². The van der Waals surface area contributed by atoms with E-state index in [0.717, 1.165) is 12.3 Å². The van der Waals surface area contributed by atoms with Crippen molar-refractivity contribution in [2.45, 2.75) is 12.2 Å². The minimum atomic E-state index is -4.74. The highest BCUT2D eigenvalue weighted by atomic mass is 35.5. The van der Waals surface area contributed by atoms with Crippen LogP contribution in [-0.2, 0) is 5.88 Å². The Morgan fingerprint density at radius 3 is 2.57 bits per heavy atom. The van der Waals surface area contributed by atoms with E-state index in [1.807, 2.05) is 0 Å². The largest absolute Gasteiger partial charge is 0.573 e. The monoisotopic (exact) mass is 245 g/mol. The lowest BCUT2D eigenvalue weighted by molar-refractivity contribution is -0.274. The minimum absolute atomic E-state index is 0.0269. The minimum Gasteiger partial charge on any atom is -0.404 e. The summed E-state index contributed by atoms with van der Waals surface area (Å²) in [7, 11) is 0. The van der Waals surface area contributed by atoms with E-state index in [1.165, 1.54) is 0 Å². The third-order valence-electron chi connectivity index (χ3n) is 1.26. The van der Waals surface area contributed by atoms with E-state index in [1.54, 1.807) is 0 Å². The molecule has 1 heterocycles. The molecular weight excluding hydrogens is 242 g/mol. The summed E-state index contributed by atoms with van der Waals surface area (Å²) in [4.78, 5) is 3.49. The van der Waals surface area contributed by atoms with E-state index in [0.29, 0.717) is 0 Å². The molecule has 0 atom stereocenters. The first kappa shape index (κ1) is 11.4. The molecule has 14 heavy (non-hydrogen) atoms. The van der Waals surface area contributed by atoms with Crippen molar-refractivity contribution in [1.29, 1.82) is 0 Å². The zero-order valence-electron chi connectivity index (χ0n) is 6.61. The molecule has 0 amide bonds. The normalized spacial score (nSPS) is 11.5. The fourth-order valence-corrected chi connectivity index (χ4v) is 1.20. The van der Waals surface area contributed by atoms with Gasteiger partial charge in [-0.15, -0.1) is 24.8 Å². The second kappa shape index (κ2) is 4.23. The number of nitrogens with zero attached hydrogens (tertiary/aromatic N) is 1. The lowest BCUT2D eigenvalue weighted by atomic mass is 10.3. The van der Waals surface area contributed by atoms with Crippen molar-refractivity contribution in [2.24, 2.45) is 0 Å². The molecule has 1 aromatic heterocycles.